The first-order chi connectivity index (χ1) is 13.2. The van der Waals surface area contributed by atoms with Gasteiger partial charge in [-0.3, -0.25) is 9.69 Å². The highest BCUT2D eigenvalue weighted by Gasteiger charge is 2.42. The zero-order valence-electron chi connectivity index (χ0n) is 15.0. The van der Waals surface area contributed by atoms with E-state index in [1.54, 1.807) is 11.1 Å². The van der Waals surface area contributed by atoms with Crippen LogP contribution in [0.25, 0.3) is 0 Å². The summed E-state index contributed by atoms with van der Waals surface area (Å²) >= 11 is 7.69. The molecule has 0 radical (unpaired) electrons. The molecular weight excluding hydrogens is 386 g/mol. The first-order valence-electron chi connectivity index (χ1n) is 9.08. The summed E-state index contributed by atoms with van der Waals surface area (Å²) in [5.74, 6) is -0.860. The van der Waals surface area contributed by atoms with Crippen molar-refractivity contribution in [2.24, 2.45) is 0 Å². The average molecular weight is 408 g/mol. The number of rotatable bonds is 3. The molecule has 27 heavy (non-hydrogen) atoms. The summed E-state index contributed by atoms with van der Waals surface area (Å²) in [7, 11) is 0. The van der Waals surface area contributed by atoms with E-state index in [0.29, 0.717) is 37.9 Å². The highest BCUT2D eigenvalue weighted by Crippen LogP contribution is 2.27. The van der Waals surface area contributed by atoms with E-state index >= 15 is 0 Å². The standard InChI is InChI=1S/C19H22ClN3O3S/c20-16-5-2-1-4-15(16)12-22-7-3-9-25-19(13-22)14-23(8-10-26-19)18(24)17-21-6-11-27-17/h1-2,4-6,11H,3,7-10,12-14H2. The minimum atomic E-state index is -0.803. The van der Waals surface area contributed by atoms with E-state index in [-0.39, 0.29) is 5.91 Å². The normalized spacial score (nSPS) is 24.1. The van der Waals surface area contributed by atoms with Crippen molar-refractivity contribution in [2.75, 3.05) is 39.4 Å². The second kappa shape index (κ2) is 8.24. The molecule has 1 amide bonds. The number of halogens is 1. The first kappa shape index (κ1) is 18.8. The van der Waals surface area contributed by atoms with Gasteiger partial charge in [0, 0.05) is 36.2 Å². The fourth-order valence-electron chi connectivity index (χ4n) is 3.59. The Balaban J connectivity index is 1.49. The van der Waals surface area contributed by atoms with Crippen LogP contribution in [0.3, 0.4) is 0 Å². The van der Waals surface area contributed by atoms with Crippen molar-refractivity contribution in [1.29, 1.82) is 0 Å². The van der Waals surface area contributed by atoms with Crippen LogP contribution in [0.1, 0.15) is 21.8 Å². The minimum absolute atomic E-state index is 0.0572. The number of nitrogens with zero attached hydrogens (tertiary/aromatic N) is 3. The predicted octanol–water partition coefficient (Wildman–Crippen LogP) is 2.89. The zero-order chi connectivity index (χ0) is 18.7. The van der Waals surface area contributed by atoms with Crippen LogP contribution >= 0.6 is 22.9 Å². The molecule has 2 saturated heterocycles. The van der Waals surface area contributed by atoms with E-state index in [9.17, 15) is 4.79 Å². The molecule has 1 unspecified atom stereocenters. The van der Waals surface area contributed by atoms with Gasteiger partial charge in [0.2, 0.25) is 0 Å². The number of hydrogen-bond acceptors (Lipinski definition) is 6. The van der Waals surface area contributed by atoms with Gasteiger partial charge in [-0.15, -0.1) is 11.3 Å². The monoisotopic (exact) mass is 407 g/mol. The molecule has 8 heteroatoms. The van der Waals surface area contributed by atoms with E-state index in [1.807, 2.05) is 29.6 Å². The minimum Gasteiger partial charge on any atom is -0.347 e. The average Bonchev–Trinajstić information content (AvgIpc) is 3.15. The molecule has 3 heterocycles. The van der Waals surface area contributed by atoms with Crippen LogP contribution in [0.4, 0.5) is 0 Å². The summed E-state index contributed by atoms with van der Waals surface area (Å²) in [5.41, 5.74) is 1.09. The Hall–Kier alpha value is -1.51. The van der Waals surface area contributed by atoms with Gasteiger partial charge in [-0.1, -0.05) is 29.8 Å². The number of morpholine rings is 1. The second-order valence-corrected chi connectivity index (χ2v) is 8.13. The molecule has 2 aliphatic rings. The molecule has 0 N–H and O–H groups in total. The molecule has 4 rings (SSSR count). The molecule has 6 nitrogen and oxygen atoms in total. The molecule has 0 aliphatic carbocycles. The van der Waals surface area contributed by atoms with Gasteiger partial charge in [-0.05, 0) is 18.1 Å². The van der Waals surface area contributed by atoms with E-state index in [1.165, 1.54) is 11.3 Å². The van der Waals surface area contributed by atoms with E-state index in [4.69, 9.17) is 21.1 Å². The van der Waals surface area contributed by atoms with Crippen LogP contribution in [-0.2, 0) is 16.0 Å². The summed E-state index contributed by atoms with van der Waals surface area (Å²) < 4.78 is 12.2. The number of hydrogen-bond donors (Lipinski definition) is 0. The SMILES string of the molecule is O=C(c1nccs1)N1CCOC2(CN(Cc3ccccc3Cl)CCCO2)C1. The summed E-state index contributed by atoms with van der Waals surface area (Å²) in [6, 6.07) is 7.88. The molecule has 2 fully saturated rings. The van der Waals surface area contributed by atoms with Crippen molar-refractivity contribution < 1.29 is 14.3 Å². The van der Waals surface area contributed by atoms with Crippen molar-refractivity contribution in [3.8, 4) is 0 Å². The Kier molecular flexibility index (Phi) is 5.75. The highest BCUT2D eigenvalue weighted by atomic mass is 35.5. The highest BCUT2D eigenvalue weighted by molar-refractivity contribution is 7.11. The Morgan fingerprint density at radius 2 is 2.07 bits per heavy atom. The predicted molar refractivity (Wildman–Crippen MR) is 104 cm³/mol. The Morgan fingerprint density at radius 1 is 1.22 bits per heavy atom. The second-order valence-electron chi connectivity index (χ2n) is 6.83. The number of ether oxygens (including phenoxy) is 2. The van der Waals surface area contributed by atoms with Crippen LogP contribution in [0, 0.1) is 0 Å². The summed E-state index contributed by atoms with van der Waals surface area (Å²) in [6.07, 6.45) is 2.57. The first-order valence-corrected chi connectivity index (χ1v) is 10.3. The van der Waals surface area contributed by atoms with Crippen LogP contribution in [-0.4, -0.2) is 65.9 Å². The molecule has 1 spiro atoms. The molecule has 2 aromatic rings. The fraction of sp³-hybridized carbons (Fsp3) is 0.474. The van der Waals surface area contributed by atoms with E-state index < -0.39 is 5.79 Å². The lowest BCUT2D eigenvalue weighted by Crippen LogP contribution is -2.59. The van der Waals surface area contributed by atoms with Crippen molar-refractivity contribution in [2.45, 2.75) is 18.8 Å². The molecule has 1 aromatic heterocycles. The number of benzene rings is 1. The lowest BCUT2D eigenvalue weighted by atomic mass is 10.1. The molecule has 2 aliphatic heterocycles. The van der Waals surface area contributed by atoms with Gasteiger partial charge in [-0.25, -0.2) is 4.98 Å². The van der Waals surface area contributed by atoms with Crippen molar-refractivity contribution in [3.63, 3.8) is 0 Å². The van der Waals surface area contributed by atoms with Gasteiger partial charge >= 0.3 is 0 Å². The molecule has 1 aromatic carbocycles. The summed E-state index contributed by atoms with van der Waals surface area (Å²) in [6.45, 7) is 4.25. The zero-order valence-corrected chi connectivity index (χ0v) is 16.5. The van der Waals surface area contributed by atoms with Crippen molar-refractivity contribution in [3.05, 3.63) is 51.4 Å². The van der Waals surface area contributed by atoms with Crippen LogP contribution < -0.4 is 0 Å². The quantitative estimate of drug-likeness (QED) is 0.783. The molecule has 144 valence electrons. The third-order valence-electron chi connectivity index (χ3n) is 4.86. The van der Waals surface area contributed by atoms with Gasteiger partial charge < -0.3 is 14.4 Å². The third-order valence-corrected chi connectivity index (χ3v) is 5.99. The molecule has 0 bridgehead atoms. The lowest BCUT2D eigenvalue weighted by Gasteiger charge is -2.43. The fourth-order valence-corrected chi connectivity index (χ4v) is 4.39. The molecule has 0 saturated carbocycles. The van der Waals surface area contributed by atoms with Crippen LogP contribution in [0.2, 0.25) is 5.02 Å². The number of thiazole rings is 1. The Labute approximate surface area is 167 Å². The number of aromatic nitrogens is 1. The smallest absolute Gasteiger partial charge is 0.283 e. The number of carbonyl (C=O) groups excluding carboxylic acids is 1. The van der Waals surface area contributed by atoms with Gasteiger partial charge in [0.1, 0.15) is 0 Å². The van der Waals surface area contributed by atoms with Gasteiger partial charge in [0.15, 0.2) is 10.8 Å². The summed E-state index contributed by atoms with van der Waals surface area (Å²) in [5, 5.41) is 3.09. The van der Waals surface area contributed by atoms with Crippen LogP contribution in [0.5, 0.6) is 0 Å². The summed E-state index contributed by atoms with van der Waals surface area (Å²) in [4.78, 5) is 21.0. The maximum atomic E-state index is 12.7. The topological polar surface area (TPSA) is 54.9 Å². The molecule has 1 atom stereocenters. The van der Waals surface area contributed by atoms with Gasteiger partial charge in [-0.2, -0.15) is 0 Å². The maximum Gasteiger partial charge on any atom is 0.283 e. The third kappa shape index (κ3) is 4.33. The van der Waals surface area contributed by atoms with Gasteiger partial charge in [0.05, 0.1) is 26.3 Å². The molecular formula is C19H22ClN3O3S. The van der Waals surface area contributed by atoms with Crippen molar-refractivity contribution >= 4 is 28.8 Å². The van der Waals surface area contributed by atoms with Gasteiger partial charge in [0.25, 0.3) is 5.91 Å². The van der Waals surface area contributed by atoms with Crippen LogP contribution in [0.15, 0.2) is 35.8 Å². The van der Waals surface area contributed by atoms with E-state index in [0.717, 1.165) is 30.1 Å². The van der Waals surface area contributed by atoms with E-state index in [2.05, 4.69) is 9.88 Å². The largest absolute Gasteiger partial charge is 0.347 e. The maximum absolute atomic E-state index is 12.7. The Bertz CT molecular complexity index is 788. The number of amides is 1. The number of carbonyl (C=O) groups is 1. The lowest BCUT2D eigenvalue weighted by molar-refractivity contribution is -0.261. The van der Waals surface area contributed by atoms with Crippen molar-refractivity contribution in [1.82, 2.24) is 14.8 Å². The Morgan fingerprint density at radius 3 is 2.89 bits per heavy atom.